The Balaban J connectivity index is 1.70. The molecule has 0 fully saturated rings. The van der Waals surface area contributed by atoms with Gasteiger partial charge in [-0.15, -0.1) is 0 Å². The minimum atomic E-state index is -3.95. The van der Waals surface area contributed by atoms with Gasteiger partial charge in [0.05, 0.1) is 9.82 Å². The Morgan fingerprint density at radius 3 is 2.48 bits per heavy atom. The smallest absolute Gasteiger partial charge is 0.269 e. The van der Waals surface area contributed by atoms with E-state index in [4.69, 9.17) is 4.74 Å². The summed E-state index contributed by atoms with van der Waals surface area (Å²) in [6, 6.07) is 12.1. The number of aliphatic hydroxyl groups is 1. The summed E-state index contributed by atoms with van der Waals surface area (Å²) in [4.78, 5) is 13.3. The molecule has 31 heavy (non-hydrogen) atoms. The number of nitrogens with zero attached hydrogens (tertiary/aromatic N) is 2. The Hall–Kier alpha value is -2.95. The highest BCUT2D eigenvalue weighted by Crippen LogP contribution is 2.22. The number of hydrogen-bond acceptors (Lipinski definition) is 6. The molecular formula is C21H25N3O6S. The van der Waals surface area contributed by atoms with Gasteiger partial charge in [0.15, 0.2) is 0 Å². The van der Waals surface area contributed by atoms with E-state index in [1.165, 1.54) is 16.4 Å². The van der Waals surface area contributed by atoms with Gasteiger partial charge >= 0.3 is 0 Å². The molecule has 1 atom stereocenters. The lowest BCUT2D eigenvalue weighted by Gasteiger charge is -2.26. The second kappa shape index (κ2) is 9.46. The number of nitro groups is 1. The van der Waals surface area contributed by atoms with Crippen LogP contribution in [0.25, 0.3) is 10.9 Å². The van der Waals surface area contributed by atoms with E-state index in [0.717, 1.165) is 23.0 Å². The zero-order valence-electron chi connectivity index (χ0n) is 17.3. The Bertz CT molecular complexity index is 1140. The van der Waals surface area contributed by atoms with E-state index in [-0.39, 0.29) is 36.2 Å². The van der Waals surface area contributed by atoms with E-state index in [2.05, 4.69) is 4.98 Å². The highest BCUT2D eigenvalue weighted by molar-refractivity contribution is 7.89. The van der Waals surface area contributed by atoms with Crippen LogP contribution < -0.4 is 4.74 Å². The van der Waals surface area contributed by atoms with Crippen LogP contribution >= 0.6 is 0 Å². The molecule has 9 nitrogen and oxygen atoms in total. The van der Waals surface area contributed by atoms with Crippen molar-refractivity contribution in [1.82, 2.24) is 9.29 Å². The van der Waals surface area contributed by atoms with Crippen LogP contribution in [0.15, 0.2) is 59.6 Å². The summed E-state index contributed by atoms with van der Waals surface area (Å²) < 4.78 is 33.0. The quantitative estimate of drug-likeness (QED) is 0.363. The molecule has 3 rings (SSSR count). The van der Waals surface area contributed by atoms with Crippen LogP contribution in [-0.4, -0.2) is 53.5 Å². The third-order valence-electron chi connectivity index (χ3n) is 4.64. The molecule has 0 saturated carbocycles. The van der Waals surface area contributed by atoms with Gasteiger partial charge in [-0.1, -0.05) is 13.8 Å². The van der Waals surface area contributed by atoms with E-state index in [1.807, 2.05) is 38.2 Å². The first-order valence-corrected chi connectivity index (χ1v) is 11.2. The number of nitrogens with one attached hydrogen (secondary N) is 1. The molecule has 1 aromatic heterocycles. The third-order valence-corrected chi connectivity index (χ3v) is 6.48. The molecule has 0 amide bonds. The second-order valence-electron chi connectivity index (χ2n) is 7.66. The van der Waals surface area contributed by atoms with E-state index in [1.54, 1.807) is 6.07 Å². The van der Waals surface area contributed by atoms with Crippen molar-refractivity contribution in [2.75, 3.05) is 19.7 Å². The molecule has 0 spiro atoms. The molecule has 2 aromatic carbocycles. The molecule has 0 aliphatic carbocycles. The van der Waals surface area contributed by atoms with Crippen LogP contribution in [-0.2, 0) is 10.0 Å². The topological polar surface area (TPSA) is 126 Å². The zero-order valence-corrected chi connectivity index (χ0v) is 18.1. The Kier molecular flexibility index (Phi) is 6.94. The normalized spacial score (nSPS) is 13.1. The van der Waals surface area contributed by atoms with Gasteiger partial charge in [0.1, 0.15) is 18.5 Å². The summed E-state index contributed by atoms with van der Waals surface area (Å²) in [5.74, 6) is 0.568. The maximum absolute atomic E-state index is 13.1. The van der Waals surface area contributed by atoms with E-state index >= 15 is 0 Å². The highest BCUT2D eigenvalue weighted by Gasteiger charge is 2.28. The molecule has 3 aromatic rings. The lowest BCUT2D eigenvalue weighted by molar-refractivity contribution is -0.384. The van der Waals surface area contributed by atoms with Crippen molar-refractivity contribution < 1.29 is 23.2 Å². The van der Waals surface area contributed by atoms with Gasteiger partial charge in [-0.3, -0.25) is 10.1 Å². The average Bonchev–Trinajstić information content (AvgIpc) is 3.19. The van der Waals surface area contributed by atoms with Crippen LogP contribution in [0.4, 0.5) is 5.69 Å². The lowest BCUT2D eigenvalue weighted by Crippen LogP contribution is -2.41. The number of non-ortho nitro benzene ring substituents is 1. The molecule has 1 heterocycles. The predicted octanol–water partition coefficient (Wildman–Crippen LogP) is 3.16. The van der Waals surface area contributed by atoms with Crippen LogP contribution in [0.2, 0.25) is 0 Å². The third kappa shape index (κ3) is 5.60. The fourth-order valence-electron chi connectivity index (χ4n) is 3.16. The SMILES string of the molecule is CC(C)CN(C[C@@H](O)COc1ccc2cc[nH]c2c1)S(=O)(=O)c1ccc([N+](=O)[O-])cc1. The number of fused-ring (bicyclic) bond motifs is 1. The van der Waals surface area contributed by atoms with Gasteiger partial charge in [0.25, 0.3) is 5.69 Å². The van der Waals surface area contributed by atoms with Crippen molar-refractivity contribution in [2.45, 2.75) is 24.8 Å². The molecule has 10 heteroatoms. The van der Waals surface area contributed by atoms with Crippen molar-refractivity contribution in [2.24, 2.45) is 5.92 Å². The van der Waals surface area contributed by atoms with Crippen LogP contribution in [0.5, 0.6) is 5.75 Å². The zero-order chi connectivity index (χ0) is 22.6. The van der Waals surface area contributed by atoms with Crippen LogP contribution in [0, 0.1) is 16.0 Å². The molecule has 0 aliphatic rings. The Morgan fingerprint density at radius 1 is 1.13 bits per heavy atom. The number of rotatable bonds is 10. The molecule has 0 aliphatic heterocycles. The number of sulfonamides is 1. The molecule has 0 radical (unpaired) electrons. The number of nitro benzene ring substituents is 1. The van der Waals surface area contributed by atoms with Gasteiger partial charge in [0.2, 0.25) is 10.0 Å². The predicted molar refractivity (Wildman–Crippen MR) is 116 cm³/mol. The standard InChI is InChI=1S/C21H25N3O6S/c1-15(2)12-23(31(28,29)20-7-4-17(5-8-20)24(26)27)13-18(25)14-30-19-6-3-16-9-10-22-21(16)11-19/h3-11,15,18,22,25H,12-14H2,1-2H3/t18-/m1/s1. The first kappa shape index (κ1) is 22.7. The molecule has 0 unspecified atom stereocenters. The summed E-state index contributed by atoms with van der Waals surface area (Å²) in [5, 5.41) is 22.3. The summed E-state index contributed by atoms with van der Waals surface area (Å²) in [6.45, 7) is 3.67. The first-order chi connectivity index (χ1) is 14.7. The van der Waals surface area contributed by atoms with Gasteiger partial charge in [-0.25, -0.2) is 8.42 Å². The minimum absolute atomic E-state index is 0.0104. The van der Waals surface area contributed by atoms with E-state index < -0.39 is 21.1 Å². The lowest BCUT2D eigenvalue weighted by atomic mass is 10.2. The fourth-order valence-corrected chi connectivity index (χ4v) is 4.80. The number of aliphatic hydroxyl groups excluding tert-OH is 1. The molecule has 0 bridgehead atoms. The number of H-pyrrole nitrogens is 1. The number of hydrogen-bond donors (Lipinski definition) is 2. The summed E-state index contributed by atoms with van der Waals surface area (Å²) in [7, 11) is -3.95. The molecule has 2 N–H and O–H groups in total. The van der Waals surface area contributed by atoms with Gasteiger partial charge in [-0.2, -0.15) is 4.31 Å². The van der Waals surface area contributed by atoms with Crippen molar-refractivity contribution in [3.8, 4) is 5.75 Å². The second-order valence-corrected chi connectivity index (χ2v) is 9.60. The number of aromatic amines is 1. The first-order valence-electron chi connectivity index (χ1n) is 9.79. The summed E-state index contributed by atoms with van der Waals surface area (Å²) >= 11 is 0. The average molecular weight is 448 g/mol. The number of benzene rings is 2. The van der Waals surface area contributed by atoms with Gasteiger partial charge in [0, 0.05) is 43.0 Å². The van der Waals surface area contributed by atoms with Crippen molar-refractivity contribution >= 4 is 26.6 Å². The van der Waals surface area contributed by atoms with Crippen LogP contribution in [0.1, 0.15) is 13.8 Å². The van der Waals surface area contributed by atoms with Crippen LogP contribution in [0.3, 0.4) is 0 Å². The van der Waals surface area contributed by atoms with E-state index in [0.29, 0.717) is 5.75 Å². The number of aromatic nitrogens is 1. The fraction of sp³-hybridized carbons (Fsp3) is 0.333. The van der Waals surface area contributed by atoms with E-state index in [9.17, 15) is 23.6 Å². The Labute approximate surface area is 180 Å². The van der Waals surface area contributed by atoms with Gasteiger partial charge < -0.3 is 14.8 Å². The van der Waals surface area contributed by atoms with Crippen molar-refractivity contribution in [1.29, 1.82) is 0 Å². The molecule has 0 saturated heterocycles. The molecule has 166 valence electrons. The highest BCUT2D eigenvalue weighted by atomic mass is 32.2. The van der Waals surface area contributed by atoms with Gasteiger partial charge in [-0.05, 0) is 41.6 Å². The summed E-state index contributed by atoms with van der Waals surface area (Å²) in [6.07, 6.45) is 0.752. The molecular weight excluding hydrogens is 422 g/mol. The largest absolute Gasteiger partial charge is 0.491 e. The number of ether oxygens (including phenoxy) is 1. The van der Waals surface area contributed by atoms with Crippen molar-refractivity contribution in [3.05, 3.63) is 64.8 Å². The summed E-state index contributed by atoms with van der Waals surface area (Å²) in [5.41, 5.74) is 0.705. The maximum atomic E-state index is 13.1. The van der Waals surface area contributed by atoms with Crippen molar-refractivity contribution in [3.63, 3.8) is 0 Å². The monoisotopic (exact) mass is 447 g/mol. The Morgan fingerprint density at radius 2 is 1.84 bits per heavy atom. The minimum Gasteiger partial charge on any atom is -0.491 e. The maximum Gasteiger partial charge on any atom is 0.269 e.